The highest BCUT2D eigenvalue weighted by Gasteiger charge is 2.17. The summed E-state index contributed by atoms with van der Waals surface area (Å²) < 4.78 is 26.7. The molecule has 0 saturated heterocycles. The molecule has 0 aliphatic heterocycles. The van der Waals surface area contributed by atoms with Gasteiger partial charge in [0.15, 0.2) is 4.34 Å². The zero-order valence-corrected chi connectivity index (χ0v) is 16.4. The molecule has 130 valence electrons. The average molecular weight is 391 g/mol. The second kappa shape index (κ2) is 7.70. The fourth-order valence-corrected chi connectivity index (χ4v) is 4.97. The SMILES string of the molecule is CN(C)S(=O)(=O)c1cccc(CSc2nc(-c3ccccc3)cs2)c1. The first-order chi connectivity index (χ1) is 12.0. The Kier molecular flexibility index (Phi) is 5.58. The molecule has 0 radical (unpaired) electrons. The summed E-state index contributed by atoms with van der Waals surface area (Å²) >= 11 is 3.22. The minimum atomic E-state index is -3.40. The maximum Gasteiger partial charge on any atom is 0.242 e. The van der Waals surface area contributed by atoms with Crippen LogP contribution < -0.4 is 0 Å². The van der Waals surface area contributed by atoms with Gasteiger partial charge in [0.25, 0.3) is 0 Å². The lowest BCUT2D eigenvalue weighted by atomic mass is 10.2. The summed E-state index contributed by atoms with van der Waals surface area (Å²) in [5, 5.41) is 2.05. The van der Waals surface area contributed by atoms with Crippen molar-refractivity contribution >= 4 is 33.1 Å². The van der Waals surface area contributed by atoms with Gasteiger partial charge in [-0.25, -0.2) is 17.7 Å². The van der Waals surface area contributed by atoms with E-state index in [-0.39, 0.29) is 0 Å². The Bertz CT molecular complexity index is 951. The van der Waals surface area contributed by atoms with Gasteiger partial charge in [-0.15, -0.1) is 11.3 Å². The molecule has 0 unspecified atom stereocenters. The highest BCUT2D eigenvalue weighted by Crippen LogP contribution is 2.30. The number of aromatic nitrogens is 1. The highest BCUT2D eigenvalue weighted by molar-refractivity contribution is 8.00. The molecule has 0 spiro atoms. The molecule has 1 aromatic heterocycles. The maximum atomic E-state index is 12.2. The third-order valence-corrected chi connectivity index (χ3v) is 7.50. The number of sulfonamides is 1. The molecule has 4 nitrogen and oxygen atoms in total. The molecule has 0 N–H and O–H groups in total. The van der Waals surface area contributed by atoms with E-state index in [1.54, 1.807) is 41.3 Å². The van der Waals surface area contributed by atoms with Gasteiger partial charge in [0.05, 0.1) is 10.6 Å². The summed E-state index contributed by atoms with van der Waals surface area (Å²) in [6, 6.07) is 17.1. The molecule has 2 aromatic carbocycles. The lowest BCUT2D eigenvalue weighted by molar-refractivity contribution is 0.520. The molecule has 0 fully saturated rings. The summed E-state index contributed by atoms with van der Waals surface area (Å²) in [4.78, 5) is 4.97. The van der Waals surface area contributed by atoms with Crippen molar-refractivity contribution in [3.8, 4) is 11.3 Å². The molecule has 0 bridgehead atoms. The van der Waals surface area contributed by atoms with Crippen LogP contribution in [-0.2, 0) is 15.8 Å². The summed E-state index contributed by atoms with van der Waals surface area (Å²) in [6.45, 7) is 0. The number of rotatable bonds is 6. The predicted octanol–water partition coefficient (Wildman–Crippen LogP) is 4.35. The van der Waals surface area contributed by atoms with E-state index in [2.05, 4.69) is 4.98 Å². The van der Waals surface area contributed by atoms with Gasteiger partial charge in [0.1, 0.15) is 0 Å². The average Bonchev–Trinajstić information content (AvgIpc) is 3.10. The van der Waals surface area contributed by atoms with Gasteiger partial charge in [-0.2, -0.15) is 0 Å². The molecular weight excluding hydrogens is 372 g/mol. The number of hydrogen-bond acceptors (Lipinski definition) is 5. The van der Waals surface area contributed by atoms with E-state index in [1.165, 1.54) is 18.4 Å². The summed E-state index contributed by atoms with van der Waals surface area (Å²) in [6.07, 6.45) is 0. The second-order valence-electron chi connectivity index (χ2n) is 5.59. The van der Waals surface area contributed by atoms with Crippen LogP contribution in [0.2, 0.25) is 0 Å². The minimum Gasteiger partial charge on any atom is -0.230 e. The Morgan fingerprint density at radius 3 is 2.56 bits per heavy atom. The first kappa shape index (κ1) is 18.1. The minimum absolute atomic E-state index is 0.319. The Morgan fingerprint density at radius 2 is 1.84 bits per heavy atom. The number of nitrogens with zero attached hydrogens (tertiary/aromatic N) is 2. The lowest BCUT2D eigenvalue weighted by Crippen LogP contribution is -2.22. The van der Waals surface area contributed by atoms with Crippen molar-refractivity contribution < 1.29 is 8.42 Å². The standard InChI is InChI=1S/C18H18N2O2S3/c1-20(2)25(21,22)16-10-6-7-14(11-16)12-23-18-19-17(13-24-18)15-8-4-3-5-9-15/h3-11,13H,12H2,1-2H3. The maximum absolute atomic E-state index is 12.2. The fraction of sp³-hybridized carbons (Fsp3) is 0.167. The normalized spacial score (nSPS) is 11.8. The van der Waals surface area contributed by atoms with Crippen LogP contribution in [0.1, 0.15) is 5.56 Å². The van der Waals surface area contributed by atoms with E-state index >= 15 is 0 Å². The van der Waals surface area contributed by atoms with Crippen molar-refractivity contribution in [2.24, 2.45) is 0 Å². The van der Waals surface area contributed by atoms with Crippen LogP contribution in [-0.4, -0.2) is 31.8 Å². The zero-order valence-electron chi connectivity index (χ0n) is 13.9. The first-order valence-electron chi connectivity index (χ1n) is 7.62. The van der Waals surface area contributed by atoms with E-state index in [9.17, 15) is 8.42 Å². The molecule has 0 aliphatic rings. The topological polar surface area (TPSA) is 50.3 Å². The van der Waals surface area contributed by atoms with Crippen LogP contribution in [0.3, 0.4) is 0 Å². The van der Waals surface area contributed by atoms with Crippen LogP contribution in [0, 0.1) is 0 Å². The summed E-state index contributed by atoms with van der Waals surface area (Å²) in [5.41, 5.74) is 3.03. The van der Waals surface area contributed by atoms with Gasteiger partial charge in [-0.1, -0.05) is 54.2 Å². The molecule has 3 rings (SSSR count). The van der Waals surface area contributed by atoms with Crippen LogP contribution in [0.15, 0.2) is 69.2 Å². The van der Waals surface area contributed by atoms with Crippen LogP contribution in [0.4, 0.5) is 0 Å². The Morgan fingerprint density at radius 1 is 1.08 bits per heavy atom. The van der Waals surface area contributed by atoms with Crippen LogP contribution >= 0.6 is 23.1 Å². The molecule has 3 aromatic rings. The van der Waals surface area contributed by atoms with Crippen LogP contribution in [0.5, 0.6) is 0 Å². The van der Waals surface area contributed by atoms with Gasteiger partial charge in [-0.05, 0) is 17.7 Å². The highest BCUT2D eigenvalue weighted by atomic mass is 32.2. The quantitative estimate of drug-likeness (QED) is 0.587. The van der Waals surface area contributed by atoms with E-state index in [0.717, 1.165) is 21.2 Å². The second-order valence-corrected chi connectivity index (χ2v) is 9.82. The van der Waals surface area contributed by atoms with Crippen molar-refractivity contribution in [1.29, 1.82) is 0 Å². The predicted molar refractivity (Wildman–Crippen MR) is 104 cm³/mol. The molecule has 0 amide bonds. The Labute approximate surface area is 156 Å². The van der Waals surface area contributed by atoms with Gasteiger partial charge >= 0.3 is 0 Å². The third-order valence-electron chi connectivity index (χ3n) is 3.59. The monoisotopic (exact) mass is 390 g/mol. The molecular formula is C18H18N2O2S3. The summed E-state index contributed by atoms with van der Waals surface area (Å²) in [7, 11) is -0.325. The number of thiazole rings is 1. The molecule has 0 atom stereocenters. The third kappa shape index (κ3) is 4.30. The van der Waals surface area contributed by atoms with Gasteiger partial charge in [0, 0.05) is 30.8 Å². The number of benzene rings is 2. The Hall–Kier alpha value is -1.67. The van der Waals surface area contributed by atoms with Crippen molar-refractivity contribution in [1.82, 2.24) is 9.29 Å². The molecule has 0 aliphatic carbocycles. The van der Waals surface area contributed by atoms with Crippen molar-refractivity contribution in [2.45, 2.75) is 15.0 Å². The first-order valence-corrected chi connectivity index (χ1v) is 10.9. The lowest BCUT2D eigenvalue weighted by Gasteiger charge is -2.12. The largest absolute Gasteiger partial charge is 0.242 e. The molecule has 7 heteroatoms. The molecule has 1 heterocycles. The van der Waals surface area contributed by atoms with Crippen molar-refractivity contribution in [3.05, 3.63) is 65.5 Å². The van der Waals surface area contributed by atoms with E-state index in [4.69, 9.17) is 0 Å². The van der Waals surface area contributed by atoms with E-state index in [1.807, 2.05) is 41.8 Å². The van der Waals surface area contributed by atoms with Crippen molar-refractivity contribution in [2.75, 3.05) is 14.1 Å². The van der Waals surface area contributed by atoms with Gasteiger partial charge in [0.2, 0.25) is 10.0 Å². The number of thioether (sulfide) groups is 1. The molecule has 25 heavy (non-hydrogen) atoms. The van der Waals surface area contributed by atoms with Gasteiger partial charge < -0.3 is 0 Å². The van der Waals surface area contributed by atoms with E-state index < -0.39 is 10.0 Å². The van der Waals surface area contributed by atoms with E-state index in [0.29, 0.717) is 10.6 Å². The smallest absolute Gasteiger partial charge is 0.230 e. The van der Waals surface area contributed by atoms with Crippen LogP contribution in [0.25, 0.3) is 11.3 Å². The van der Waals surface area contributed by atoms with Gasteiger partial charge in [-0.3, -0.25) is 0 Å². The number of hydrogen-bond donors (Lipinski definition) is 0. The van der Waals surface area contributed by atoms with Crippen molar-refractivity contribution in [3.63, 3.8) is 0 Å². The Balaban J connectivity index is 1.72. The zero-order chi connectivity index (χ0) is 17.9. The molecule has 0 saturated carbocycles. The summed E-state index contributed by atoms with van der Waals surface area (Å²) in [5.74, 6) is 0.679. The fourth-order valence-electron chi connectivity index (χ4n) is 2.22.